The molecule has 0 heterocycles. The summed E-state index contributed by atoms with van der Waals surface area (Å²) in [5.74, 6) is -5.46. The zero-order valence-electron chi connectivity index (χ0n) is 13.3. The summed E-state index contributed by atoms with van der Waals surface area (Å²) in [6.45, 7) is 2.33. The van der Waals surface area contributed by atoms with Crippen LogP contribution in [0, 0.1) is 5.92 Å². The molecule has 1 aromatic rings. The lowest BCUT2D eigenvalue weighted by atomic mass is 9.96. The Morgan fingerprint density at radius 3 is 1.96 bits per heavy atom. The zero-order chi connectivity index (χ0) is 18.5. The van der Waals surface area contributed by atoms with E-state index in [1.165, 1.54) is 26.0 Å². The fourth-order valence-electron chi connectivity index (χ4n) is 2.20. The monoisotopic (exact) mass is 393 g/mol. The van der Waals surface area contributed by atoms with Gasteiger partial charge in [0.25, 0.3) is 0 Å². The van der Waals surface area contributed by atoms with Crippen LogP contribution in [0.5, 0.6) is 0 Å². The molecule has 0 aliphatic heterocycles. The summed E-state index contributed by atoms with van der Waals surface area (Å²) < 4.78 is 82.1. The van der Waals surface area contributed by atoms with Gasteiger partial charge in [0.1, 0.15) is 6.04 Å². The van der Waals surface area contributed by atoms with Crippen molar-refractivity contribution in [3.63, 3.8) is 0 Å². The highest BCUT2D eigenvalue weighted by atomic mass is 35.5. The van der Waals surface area contributed by atoms with Crippen LogP contribution in [0.15, 0.2) is 30.3 Å². The van der Waals surface area contributed by atoms with Gasteiger partial charge in [0.15, 0.2) is 5.92 Å². The molecule has 1 rings (SSSR count). The van der Waals surface area contributed by atoms with Crippen molar-refractivity contribution in [3.8, 4) is 0 Å². The van der Waals surface area contributed by atoms with E-state index in [4.69, 9.17) is 0 Å². The summed E-state index contributed by atoms with van der Waals surface area (Å²) in [6.07, 6.45) is -11.3. The third kappa shape index (κ3) is 6.74. The lowest BCUT2D eigenvalue weighted by molar-refractivity contribution is -0.292. The van der Waals surface area contributed by atoms with E-state index in [1.807, 2.05) is 0 Å². The lowest BCUT2D eigenvalue weighted by Gasteiger charge is -2.31. The maximum atomic E-state index is 13.0. The molecule has 0 bridgehead atoms. The van der Waals surface area contributed by atoms with Crippen molar-refractivity contribution in [3.05, 3.63) is 35.9 Å². The second-order valence-corrected chi connectivity index (χ2v) is 5.09. The fourth-order valence-corrected chi connectivity index (χ4v) is 2.20. The van der Waals surface area contributed by atoms with Gasteiger partial charge in [-0.1, -0.05) is 30.3 Å². The summed E-state index contributed by atoms with van der Waals surface area (Å²) in [5.41, 5.74) is 0.440. The van der Waals surface area contributed by atoms with Gasteiger partial charge < -0.3 is 4.74 Å². The third-order valence-electron chi connectivity index (χ3n) is 3.31. The predicted octanol–water partition coefficient (Wildman–Crippen LogP) is 4.43. The SMILES string of the molecule is CCOC(=O)[C@@H](N[C@H](C)c1ccccc1)C(C(F)(F)F)C(F)(F)F.Cl. The van der Waals surface area contributed by atoms with Gasteiger partial charge in [-0.05, 0) is 19.4 Å². The van der Waals surface area contributed by atoms with Gasteiger partial charge in [0.05, 0.1) is 6.61 Å². The Labute approximate surface area is 147 Å². The Hall–Kier alpha value is -1.48. The van der Waals surface area contributed by atoms with Crippen molar-refractivity contribution >= 4 is 18.4 Å². The molecular weight excluding hydrogens is 376 g/mol. The molecule has 1 N–H and O–H groups in total. The number of rotatable bonds is 6. The summed E-state index contributed by atoms with van der Waals surface area (Å²) >= 11 is 0. The molecule has 10 heteroatoms. The third-order valence-corrected chi connectivity index (χ3v) is 3.31. The van der Waals surface area contributed by atoms with Crippen LogP contribution < -0.4 is 5.32 Å². The van der Waals surface area contributed by atoms with Gasteiger partial charge in [-0.2, -0.15) is 26.3 Å². The minimum Gasteiger partial charge on any atom is -0.465 e. The average molecular weight is 394 g/mol. The van der Waals surface area contributed by atoms with E-state index in [9.17, 15) is 31.1 Å². The molecule has 0 spiro atoms. The largest absolute Gasteiger partial charge is 0.465 e. The van der Waals surface area contributed by atoms with Crippen molar-refractivity contribution in [1.29, 1.82) is 0 Å². The first kappa shape index (κ1) is 23.5. The molecule has 0 saturated carbocycles. The summed E-state index contributed by atoms with van der Waals surface area (Å²) in [7, 11) is 0. The molecule has 2 atom stereocenters. The Morgan fingerprint density at radius 1 is 1.08 bits per heavy atom. The summed E-state index contributed by atoms with van der Waals surface area (Å²) in [6, 6.07) is 4.34. The number of benzene rings is 1. The Bertz CT molecular complexity index is 521. The minimum atomic E-state index is -5.65. The molecular formula is C15H18ClF6NO2. The van der Waals surface area contributed by atoms with E-state index in [1.54, 1.807) is 18.2 Å². The molecule has 1 aromatic carbocycles. The molecule has 0 aliphatic rings. The maximum Gasteiger partial charge on any atom is 0.402 e. The van der Waals surface area contributed by atoms with Crippen LogP contribution in [0.3, 0.4) is 0 Å². The molecule has 0 amide bonds. The maximum absolute atomic E-state index is 13.0. The standard InChI is InChI=1S/C15H17F6NO2.ClH/c1-3-24-13(23)11(12(14(16,17)18)15(19,20)21)22-9(2)10-7-5-4-6-8-10;/h4-9,11-12,22H,3H2,1-2H3;1H/t9-,11+;/m1./s1. The van der Waals surface area contributed by atoms with Gasteiger partial charge in [-0.15, -0.1) is 12.4 Å². The second kappa shape index (κ2) is 9.28. The van der Waals surface area contributed by atoms with Crippen LogP contribution >= 0.6 is 12.4 Å². The highest BCUT2D eigenvalue weighted by molar-refractivity contribution is 5.85. The molecule has 0 unspecified atom stereocenters. The summed E-state index contributed by atoms with van der Waals surface area (Å²) in [5, 5.41) is 2.12. The Kier molecular flexibility index (Phi) is 8.73. The second-order valence-electron chi connectivity index (χ2n) is 5.09. The van der Waals surface area contributed by atoms with Crippen molar-refractivity contribution < 1.29 is 35.9 Å². The Morgan fingerprint density at radius 2 is 1.56 bits per heavy atom. The first-order chi connectivity index (χ1) is 11.0. The van der Waals surface area contributed by atoms with E-state index < -0.39 is 36.3 Å². The highest BCUT2D eigenvalue weighted by Crippen LogP contribution is 2.42. The van der Waals surface area contributed by atoms with Gasteiger partial charge in [0, 0.05) is 6.04 Å². The lowest BCUT2D eigenvalue weighted by Crippen LogP contribution is -2.55. The Balaban J connectivity index is 0.00000576. The van der Waals surface area contributed by atoms with Crippen molar-refractivity contribution in [2.75, 3.05) is 6.61 Å². The number of esters is 1. The van der Waals surface area contributed by atoms with Gasteiger partial charge in [-0.25, -0.2) is 0 Å². The number of carbonyl (C=O) groups excluding carboxylic acids is 1. The van der Waals surface area contributed by atoms with E-state index in [-0.39, 0.29) is 19.0 Å². The van der Waals surface area contributed by atoms with Crippen molar-refractivity contribution in [2.24, 2.45) is 5.92 Å². The zero-order valence-corrected chi connectivity index (χ0v) is 14.1. The number of carbonyl (C=O) groups is 1. The molecule has 25 heavy (non-hydrogen) atoms. The smallest absolute Gasteiger partial charge is 0.402 e. The average Bonchev–Trinajstić information content (AvgIpc) is 2.44. The summed E-state index contributed by atoms with van der Waals surface area (Å²) in [4.78, 5) is 11.8. The highest BCUT2D eigenvalue weighted by Gasteiger charge is 2.62. The van der Waals surface area contributed by atoms with E-state index >= 15 is 0 Å². The normalized spacial score (nSPS) is 14.6. The molecule has 144 valence electrons. The molecule has 0 aliphatic carbocycles. The molecule has 0 aromatic heterocycles. The first-order valence-corrected chi connectivity index (χ1v) is 7.09. The van der Waals surface area contributed by atoms with Gasteiger partial charge in [-0.3, -0.25) is 10.1 Å². The number of halogens is 7. The first-order valence-electron chi connectivity index (χ1n) is 7.09. The van der Waals surface area contributed by atoms with Crippen LogP contribution in [0.4, 0.5) is 26.3 Å². The molecule has 0 radical (unpaired) electrons. The number of alkyl halides is 6. The quantitative estimate of drug-likeness (QED) is 0.574. The van der Waals surface area contributed by atoms with Gasteiger partial charge >= 0.3 is 18.3 Å². The van der Waals surface area contributed by atoms with Crippen LogP contribution in [-0.4, -0.2) is 31.0 Å². The fraction of sp³-hybridized carbons (Fsp3) is 0.533. The number of ether oxygens (including phenoxy) is 1. The van der Waals surface area contributed by atoms with Crippen LogP contribution in [-0.2, 0) is 9.53 Å². The molecule has 0 fully saturated rings. The van der Waals surface area contributed by atoms with E-state index in [2.05, 4.69) is 10.1 Å². The molecule has 3 nitrogen and oxygen atoms in total. The molecule has 0 saturated heterocycles. The topological polar surface area (TPSA) is 38.3 Å². The van der Waals surface area contributed by atoms with Gasteiger partial charge in [0.2, 0.25) is 0 Å². The van der Waals surface area contributed by atoms with E-state index in [0.717, 1.165) is 0 Å². The number of nitrogens with one attached hydrogen (secondary N) is 1. The van der Waals surface area contributed by atoms with Crippen molar-refractivity contribution in [2.45, 2.75) is 38.3 Å². The van der Waals surface area contributed by atoms with E-state index in [0.29, 0.717) is 5.56 Å². The predicted molar refractivity (Wildman–Crippen MR) is 81.3 cm³/mol. The van der Waals surface area contributed by atoms with Crippen LogP contribution in [0.2, 0.25) is 0 Å². The minimum absolute atomic E-state index is 0. The van der Waals surface area contributed by atoms with Crippen LogP contribution in [0.25, 0.3) is 0 Å². The van der Waals surface area contributed by atoms with Crippen LogP contribution in [0.1, 0.15) is 25.5 Å². The van der Waals surface area contributed by atoms with Crippen molar-refractivity contribution in [1.82, 2.24) is 5.32 Å². The number of hydrogen-bond acceptors (Lipinski definition) is 3. The number of hydrogen-bond donors (Lipinski definition) is 1.